The van der Waals surface area contributed by atoms with Gasteiger partial charge in [-0.05, 0) is 61.1 Å². The van der Waals surface area contributed by atoms with Gasteiger partial charge in [0.25, 0.3) is 17.4 Å². The minimum absolute atomic E-state index is 0.0636. The molecule has 4 aromatic rings. The van der Waals surface area contributed by atoms with Crippen molar-refractivity contribution in [3.8, 4) is 16.9 Å². The number of carbonyl (C=O) groups is 2. The van der Waals surface area contributed by atoms with Crippen molar-refractivity contribution in [1.29, 1.82) is 0 Å². The molecule has 4 rings (SSSR count). The molecule has 0 saturated carbocycles. The maximum absolute atomic E-state index is 13.1. The summed E-state index contributed by atoms with van der Waals surface area (Å²) in [5, 5.41) is 16.2. The number of anilines is 2. The molecule has 9 nitrogen and oxygen atoms in total. The second-order valence-electron chi connectivity index (χ2n) is 9.14. The molecule has 0 aliphatic carbocycles. The quantitative estimate of drug-likeness (QED) is 0.201. The number of hydrogen-bond acceptors (Lipinski definition) is 6. The Labute approximate surface area is 247 Å². The lowest BCUT2D eigenvalue weighted by atomic mass is 10.0. The van der Waals surface area contributed by atoms with Crippen molar-refractivity contribution in [3.63, 3.8) is 0 Å². The number of amides is 2. The summed E-state index contributed by atoms with van der Waals surface area (Å²) in [4.78, 5) is 45.5. The van der Waals surface area contributed by atoms with Crippen molar-refractivity contribution in [2.75, 3.05) is 30.3 Å². The molecular weight excluding hydrogens is 565 g/mol. The number of nitrogens with one attached hydrogen (secondary N) is 2. The zero-order valence-electron chi connectivity index (χ0n) is 22.5. The number of pyridine rings is 2. The van der Waals surface area contributed by atoms with Crippen molar-refractivity contribution in [3.05, 3.63) is 105 Å². The van der Waals surface area contributed by atoms with Crippen molar-refractivity contribution >= 4 is 46.5 Å². The highest BCUT2D eigenvalue weighted by Crippen LogP contribution is 2.32. The molecule has 2 aromatic heterocycles. The Bertz CT molecular complexity index is 1600. The molecule has 3 N–H and O–H groups in total. The van der Waals surface area contributed by atoms with Crippen molar-refractivity contribution in [1.82, 2.24) is 14.5 Å². The fraction of sp³-hybridized carbons (Fsp3) is 0.200. The predicted octanol–water partition coefficient (Wildman–Crippen LogP) is 5.77. The highest BCUT2D eigenvalue weighted by Gasteiger charge is 2.20. The van der Waals surface area contributed by atoms with Crippen LogP contribution in [0.25, 0.3) is 11.1 Å². The van der Waals surface area contributed by atoms with E-state index < -0.39 is 11.8 Å². The van der Waals surface area contributed by atoms with E-state index in [1.807, 2.05) is 6.07 Å². The number of aromatic nitrogens is 2. The Morgan fingerprint density at radius 2 is 1.68 bits per heavy atom. The second kappa shape index (κ2) is 13.5. The second-order valence-corrected chi connectivity index (χ2v) is 10.0. The summed E-state index contributed by atoms with van der Waals surface area (Å²) in [5.74, 6) is -1.38. The summed E-state index contributed by atoms with van der Waals surface area (Å²) in [6, 6.07) is 15.7. The van der Waals surface area contributed by atoms with Gasteiger partial charge in [0.05, 0.1) is 16.3 Å². The van der Waals surface area contributed by atoms with Gasteiger partial charge in [-0.25, -0.2) is 4.98 Å². The van der Waals surface area contributed by atoms with Gasteiger partial charge in [0.2, 0.25) is 0 Å². The molecule has 41 heavy (non-hydrogen) atoms. The van der Waals surface area contributed by atoms with Crippen LogP contribution in [0.4, 0.5) is 11.5 Å². The van der Waals surface area contributed by atoms with E-state index in [9.17, 15) is 19.5 Å². The van der Waals surface area contributed by atoms with Crippen LogP contribution in [-0.4, -0.2) is 51.0 Å². The van der Waals surface area contributed by atoms with Gasteiger partial charge in [0.1, 0.15) is 11.6 Å². The maximum atomic E-state index is 13.1. The minimum atomic E-state index is -0.648. The predicted molar refractivity (Wildman–Crippen MR) is 162 cm³/mol. The van der Waals surface area contributed by atoms with Crippen LogP contribution in [0.2, 0.25) is 10.0 Å². The summed E-state index contributed by atoms with van der Waals surface area (Å²) in [6.45, 7) is 7.33. The van der Waals surface area contributed by atoms with Crippen LogP contribution in [0.15, 0.2) is 77.9 Å². The highest BCUT2D eigenvalue weighted by molar-refractivity contribution is 6.32. The average Bonchev–Trinajstić information content (AvgIpc) is 2.96. The smallest absolute Gasteiger partial charge is 0.259 e. The largest absolute Gasteiger partial charge is 0.506 e. The number of nitrogens with zero attached hydrogens (tertiary/aromatic N) is 3. The molecule has 0 radical (unpaired) electrons. The normalized spacial score (nSPS) is 11.0. The number of rotatable bonds is 10. The monoisotopic (exact) mass is 593 g/mol. The first-order valence-electron chi connectivity index (χ1n) is 13.0. The Hall–Kier alpha value is -4.18. The Balaban J connectivity index is 1.53. The Morgan fingerprint density at radius 1 is 0.951 bits per heavy atom. The van der Waals surface area contributed by atoms with Crippen LogP contribution in [0.3, 0.4) is 0 Å². The lowest BCUT2D eigenvalue weighted by molar-refractivity contribution is 0.102. The molecule has 2 heterocycles. The van der Waals surface area contributed by atoms with Gasteiger partial charge in [0, 0.05) is 47.7 Å². The minimum Gasteiger partial charge on any atom is -0.506 e. The number of phenolic OH excluding ortho intramolecular Hbond substituents is 1. The molecule has 2 aromatic carbocycles. The average molecular weight is 594 g/mol. The van der Waals surface area contributed by atoms with E-state index in [1.165, 1.54) is 24.4 Å². The van der Waals surface area contributed by atoms with E-state index in [-0.39, 0.29) is 39.0 Å². The first kappa shape index (κ1) is 29.8. The highest BCUT2D eigenvalue weighted by atomic mass is 35.5. The first-order chi connectivity index (χ1) is 19.7. The van der Waals surface area contributed by atoms with Crippen LogP contribution in [0, 0.1) is 0 Å². The van der Waals surface area contributed by atoms with Crippen molar-refractivity contribution < 1.29 is 14.7 Å². The molecular formula is C30H29Cl2N5O4. The fourth-order valence-corrected chi connectivity index (χ4v) is 4.57. The molecule has 0 aliphatic rings. The van der Waals surface area contributed by atoms with Gasteiger partial charge in [-0.1, -0.05) is 49.2 Å². The molecule has 0 spiro atoms. The Kier molecular flexibility index (Phi) is 9.78. The maximum Gasteiger partial charge on any atom is 0.259 e. The lowest BCUT2D eigenvalue weighted by Gasteiger charge is -2.18. The number of halogens is 2. The van der Waals surface area contributed by atoms with Crippen molar-refractivity contribution in [2.45, 2.75) is 20.4 Å². The van der Waals surface area contributed by atoms with Crippen LogP contribution < -0.4 is 16.2 Å². The molecule has 212 valence electrons. The summed E-state index contributed by atoms with van der Waals surface area (Å²) in [6.07, 6.45) is 3.14. The topological polar surface area (TPSA) is 117 Å². The standard InChI is InChI=1S/C30H29Cl2N5O4/c1-3-36(4-2)14-15-37-13-5-6-23(30(37)41)19-7-9-20(10-8-19)28(39)35-27-24(16-22(32)17-25(27)38)29(40)34-26-12-11-21(31)18-33-26/h5-13,16-18,38H,3-4,14-15H2,1-2H3,(H,35,39)(H,33,34,40). The van der Waals surface area contributed by atoms with E-state index in [0.717, 1.165) is 19.6 Å². The summed E-state index contributed by atoms with van der Waals surface area (Å²) in [7, 11) is 0. The third-order valence-corrected chi connectivity index (χ3v) is 7.01. The van der Waals surface area contributed by atoms with Gasteiger partial charge >= 0.3 is 0 Å². The fourth-order valence-electron chi connectivity index (χ4n) is 4.24. The molecule has 11 heteroatoms. The van der Waals surface area contributed by atoms with E-state index in [1.54, 1.807) is 47.2 Å². The molecule has 0 bridgehead atoms. The van der Waals surface area contributed by atoms with Crippen LogP contribution in [0.1, 0.15) is 34.6 Å². The number of benzene rings is 2. The summed E-state index contributed by atoms with van der Waals surface area (Å²) in [5.41, 5.74) is 1.14. The van der Waals surface area contributed by atoms with E-state index in [0.29, 0.717) is 22.7 Å². The molecule has 0 fully saturated rings. The number of hydrogen-bond donors (Lipinski definition) is 3. The van der Waals surface area contributed by atoms with Gasteiger partial charge in [-0.15, -0.1) is 0 Å². The van der Waals surface area contributed by atoms with Gasteiger partial charge < -0.3 is 25.2 Å². The molecule has 0 unspecified atom stereocenters. The number of likely N-dealkylation sites (N-methyl/N-ethyl adjacent to an activating group) is 1. The Morgan fingerprint density at radius 3 is 2.34 bits per heavy atom. The summed E-state index contributed by atoms with van der Waals surface area (Å²) >= 11 is 11.9. The van der Waals surface area contributed by atoms with Crippen LogP contribution >= 0.6 is 23.2 Å². The van der Waals surface area contributed by atoms with E-state index in [4.69, 9.17) is 23.2 Å². The van der Waals surface area contributed by atoms with Crippen LogP contribution in [-0.2, 0) is 6.54 Å². The molecule has 0 atom stereocenters. The lowest BCUT2D eigenvalue weighted by Crippen LogP contribution is -2.31. The third-order valence-electron chi connectivity index (χ3n) is 6.56. The number of carbonyl (C=O) groups excluding carboxylic acids is 2. The van der Waals surface area contributed by atoms with Gasteiger partial charge in [-0.2, -0.15) is 0 Å². The summed E-state index contributed by atoms with van der Waals surface area (Å²) < 4.78 is 1.68. The molecule has 0 aliphatic heterocycles. The third kappa shape index (κ3) is 7.32. The van der Waals surface area contributed by atoms with E-state index >= 15 is 0 Å². The number of aromatic hydroxyl groups is 1. The molecule has 0 saturated heterocycles. The van der Waals surface area contributed by atoms with Gasteiger partial charge in [0.15, 0.2) is 0 Å². The SMILES string of the molecule is CCN(CC)CCn1cccc(-c2ccc(C(=O)Nc3c(O)cc(Cl)cc3C(=O)Nc3ccc(Cl)cn3)cc2)c1=O. The van der Waals surface area contributed by atoms with Crippen LogP contribution in [0.5, 0.6) is 5.75 Å². The van der Waals surface area contributed by atoms with Gasteiger partial charge in [-0.3, -0.25) is 14.4 Å². The molecule has 2 amide bonds. The first-order valence-corrected chi connectivity index (χ1v) is 13.7. The number of phenols is 1. The van der Waals surface area contributed by atoms with E-state index in [2.05, 4.69) is 34.4 Å². The zero-order chi connectivity index (χ0) is 29.5. The van der Waals surface area contributed by atoms with Crippen molar-refractivity contribution in [2.24, 2.45) is 0 Å². The zero-order valence-corrected chi connectivity index (χ0v) is 24.0.